The molecule has 4 aromatic carbocycles. The molecule has 6 nitrogen and oxygen atoms in total. The first kappa shape index (κ1) is 25.3. The van der Waals surface area contributed by atoms with Gasteiger partial charge in [0.05, 0.1) is 19.1 Å². The molecule has 0 radical (unpaired) electrons. The second-order valence-corrected chi connectivity index (χ2v) is 11.0. The van der Waals surface area contributed by atoms with Crippen LogP contribution in [0.2, 0.25) is 5.02 Å². The Labute approximate surface area is 242 Å². The fraction of sp³-hybridized carbons (Fsp3) is 0.147. The number of rotatable bonds is 5. The van der Waals surface area contributed by atoms with Gasteiger partial charge in [-0.05, 0) is 65.2 Å². The Morgan fingerprint density at radius 1 is 0.878 bits per heavy atom. The zero-order chi connectivity index (χ0) is 28.3. The van der Waals surface area contributed by atoms with E-state index in [0.29, 0.717) is 33.1 Å². The van der Waals surface area contributed by atoms with Crippen LogP contribution in [0.1, 0.15) is 43.4 Å². The van der Waals surface area contributed by atoms with Crippen molar-refractivity contribution >= 4 is 40.8 Å². The first-order valence-corrected chi connectivity index (χ1v) is 13.8. The van der Waals surface area contributed by atoms with Gasteiger partial charge in [0.1, 0.15) is 17.2 Å². The van der Waals surface area contributed by atoms with E-state index in [4.69, 9.17) is 16.3 Å². The number of nitrogens with zero attached hydrogens (tertiary/aromatic N) is 1. The minimum atomic E-state index is -1.38. The van der Waals surface area contributed by atoms with Crippen molar-refractivity contribution in [1.82, 2.24) is 4.90 Å². The highest BCUT2D eigenvalue weighted by molar-refractivity contribution is 6.30. The predicted octanol–water partition coefficient (Wildman–Crippen LogP) is 6.33. The molecule has 0 saturated carbocycles. The van der Waals surface area contributed by atoms with E-state index >= 15 is 0 Å². The molecule has 1 spiro atoms. The Hall–Kier alpha value is -4.68. The molecular weight excluding hydrogens is 536 g/mol. The van der Waals surface area contributed by atoms with Crippen LogP contribution in [0.3, 0.4) is 0 Å². The fourth-order valence-electron chi connectivity index (χ4n) is 6.91. The Bertz CT molecular complexity index is 1760. The Kier molecular flexibility index (Phi) is 5.84. The molecule has 7 rings (SSSR count). The molecule has 1 amide bonds. The van der Waals surface area contributed by atoms with Crippen molar-refractivity contribution in [3.8, 4) is 5.75 Å². The second-order valence-electron chi connectivity index (χ2n) is 10.6. The highest BCUT2D eigenvalue weighted by Gasteiger charge is 2.70. The third-order valence-electron chi connectivity index (χ3n) is 8.60. The van der Waals surface area contributed by atoms with Gasteiger partial charge in [-0.1, -0.05) is 66.2 Å². The summed E-state index contributed by atoms with van der Waals surface area (Å²) in [5.74, 6) is -1.40. The molecular formula is C34H25ClN2O4. The van der Waals surface area contributed by atoms with Gasteiger partial charge in [0.15, 0.2) is 11.6 Å². The van der Waals surface area contributed by atoms with Gasteiger partial charge in [0.2, 0.25) is 5.91 Å². The van der Waals surface area contributed by atoms with Crippen molar-refractivity contribution in [1.29, 1.82) is 0 Å². The summed E-state index contributed by atoms with van der Waals surface area (Å²) < 4.78 is 5.43. The smallest absolute Gasteiger partial charge is 0.238 e. The quantitative estimate of drug-likeness (QED) is 0.289. The van der Waals surface area contributed by atoms with Crippen molar-refractivity contribution < 1.29 is 19.1 Å². The van der Waals surface area contributed by atoms with Crippen LogP contribution in [0, 0.1) is 5.92 Å². The number of fused-ring (bicyclic) bond motifs is 6. The zero-order valence-corrected chi connectivity index (χ0v) is 22.8. The summed E-state index contributed by atoms with van der Waals surface area (Å²) >= 11 is 6.15. The zero-order valence-electron chi connectivity index (χ0n) is 22.1. The van der Waals surface area contributed by atoms with Gasteiger partial charge in [-0.15, -0.1) is 0 Å². The number of carbonyl (C=O) groups excluding carboxylic acids is 3. The molecule has 0 aliphatic carbocycles. The van der Waals surface area contributed by atoms with Crippen molar-refractivity contribution in [2.45, 2.75) is 17.5 Å². The molecule has 1 saturated heterocycles. The number of para-hydroxylation sites is 1. The van der Waals surface area contributed by atoms with Crippen molar-refractivity contribution in [2.75, 3.05) is 12.4 Å². The minimum Gasteiger partial charge on any atom is -0.497 e. The molecule has 202 valence electrons. The van der Waals surface area contributed by atoms with Gasteiger partial charge in [0.25, 0.3) is 0 Å². The Balaban J connectivity index is 1.53. The molecule has 0 bridgehead atoms. The molecule has 3 aliphatic heterocycles. The number of Topliss-reactive ketones (excluding diaryl/α,β-unsaturated/α-hetero) is 2. The molecule has 0 unspecified atom stereocenters. The van der Waals surface area contributed by atoms with E-state index in [0.717, 1.165) is 11.1 Å². The van der Waals surface area contributed by atoms with E-state index in [1.807, 2.05) is 65.7 Å². The number of nitrogens with one attached hydrogen (secondary N) is 1. The molecule has 7 heteroatoms. The number of carbonyl (C=O) groups is 3. The van der Waals surface area contributed by atoms with Crippen LogP contribution in [-0.2, 0) is 10.2 Å². The van der Waals surface area contributed by atoms with Crippen molar-refractivity contribution in [3.63, 3.8) is 0 Å². The minimum absolute atomic E-state index is 0.258. The first-order valence-electron chi connectivity index (χ1n) is 13.4. The number of ether oxygens (including phenoxy) is 1. The normalized spacial score (nSPS) is 23.5. The lowest BCUT2D eigenvalue weighted by Gasteiger charge is -2.38. The van der Waals surface area contributed by atoms with E-state index < -0.39 is 23.4 Å². The predicted molar refractivity (Wildman–Crippen MR) is 157 cm³/mol. The van der Waals surface area contributed by atoms with Crippen LogP contribution in [0.4, 0.5) is 5.69 Å². The summed E-state index contributed by atoms with van der Waals surface area (Å²) in [6.45, 7) is 0. The summed E-state index contributed by atoms with van der Waals surface area (Å²) in [6, 6.07) is 27.3. The Morgan fingerprint density at radius 2 is 1.63 bits per heavy atom. The van der Waals surface area contributed by atoms with E-state index in [2.05, 4.69) is 5.32 Å². The van der Waals surface area contributed by atoms with E-state index in [9.17, 15) is 14.4 Å². The SMILES string of the molecule is COc1cccc(C(=O)[C@@H]2[C@@H](C(=O)c3ccc(Cl)cc3)N3C=Cc4ccccc4[C@@H]3[C@]23C(=O)Nc2ccccc23)c1. The van der Waals surface area contributed by atoms with Gasteiger partial charge in [-0.2, -0.15) is 0 Å². The number of benzene rings is 4. The second kappa shape index (κ2) is 9.46. The van der Waals surface area contributed by atoms with E-state index in [1.54, 1.807) is 48.5 Å². The van der Waals surface area contributed by atoms with Crippen LogP contribution in [0.15, 0.2) is 103 Å². The van der Waals surface area contributed by atoms with Crippen LogP contribution >= 0.6 is 11.6 Å². The third kappa shape index (κ3) is 3.60. The van der Waals surface area contributed by atoms with Crippen LogP contribution < -0.4 is 10.1 Å². The summed E-state index contributed by atoms with van der Waals surface area (Å²) in [7, 11) is 1.54. The number of hydrogen-bond acceptors (Lipinski definition) is 5. The highest BCUT2D eigenvalue weighted by atomic mass is 35.5. The number of ketones is 2. The van der Waals surface area contributed by atoms with Crippen LogP contribution in [0.25, 0.3) is 6.08 Å². The fourth-order valence-corrected chi connectivity index (χ4v) is 7.03. The van der Waals surface area contributed by atoms with E-state index in [-0.39, 0.29) is 17.5 Å². The topological polar surface area (TPSA) is 75.7 Å². The molecule has 4 atom stereocenters. The lowest BCUT2D eigenvalue weighted by molar-refractivity contribution is -0.122. The monoisotopic (exact) mass is 560 g/mol. The van der Waals surface area contributed by atoms with Crippen LogP contribution in [0.5, 0.6) is 5.75 Å². The van der Waals surface area contributed by atoms with Crippen molar-refractivity contribution in [3.05, 3.63) is 136 Å². The molecule has 41 heavy (non-hydrogen) atoms. The maximum atomic E-state index is 14.8. The largest absolute Gasteiger partial charge is 0.497 e. The number of amides is 1. The van der Waals surface area contributed by atoms with Crippen molar-refractivity contribution in [2.24, 2.45) is 5.92 Å². The summed E-state index contributed by atoms with van der Waals surface area (Å²) in [5.41, 5.74) is 2.58. The van der Waals surface area contributed by atoms with Gasteiger partial charge in [-0.3, -0.25) is 14.4 Å². The highest BCUT2D eigenvalue weighted by Crippen LogP contribution is 2.62. The van der Waals surface area contributed by atoms with E-state index in [1.165, 1.54) is 7.11 Å². The number of hydrogen-bond donors (Lipinski definition) is 1. The number of methoxy groups -OCH3 is 1. The molecule has 0 aromatic heterocycles. The van der Waals surface area contributed by atoms with Gasteiger partial charge in [0, 0.05) is 28.0 Å². The standard InChI is InChI=1S/C34H25ClN2O4/c1-41-24-9-6-8-22(19-24)30(38)28-29(31(39)21-13-15-23(35)16-14-21)37-18-17-20-7-2-3-10-25(20)32(37)34(28)26-11-4-5-12-27(26)36-33(34)40/h2-19,28-29,32H,1H3,(H,36,40)/t28-,29-,32+,34+/m0/s1. The molecule has 3 aliphatic rings. The van der Waals surface area contributed by atoms with Gasteiger partial charge < -0.3 is 15.0 Å². The average molecular weight is 561 g/mol. The maximum absolute atomic E-state index is 14.8. The molecule has 1 fully saturated rings. The first-order chi connectivity index (χ1) is 19.9. The Morgan fingerprint density at radius 3 is 2.44 bits per heavy atom. The number of halogens is 1. The van der Waals surface area contributed by atoms with Gasteiger partial charge in [-0.25, -0.2) is 0 Å². The number of anilines is 1. The maximum Gasteiger partial charge on any atom is 0.238 e. The van der Waals surface area contributed by atoms with Crippen LogP contribution in [-0.4, -0.2) is 35.5 Å². The average Bonchev–Trinajstić information content (AvgIpc) is 3.49. The summed E-state index contributed by atoms with van der Waals surface area (Å²) in [5, 5.41) is 3.57. The van der Waals surface area contributed by atoms with Gasteiger partial charge >= 0.3 is 0 Å². The summed E-state index contributed by atoms with van der Waals surface area (Å²) in [6.07, 6.45) is 3.80. The third-order valence-corrected chi connectivity index (χ3v) is 8.86. The molecule has 1 N–H and O–H groups in total. The summed E-state index contributed by atoms with van der Waals surface area (Å²) in [4.78, 5) is 45.7. The molecule has 3 heterocycles. The lowest BCUT2D eigenvalue weighted by Crippen LogP contribution is -2.49. The molecule has 4 aromatic rings. The lowest BCUT2D eigenvalue weighted by atomic mass is 9.62.